The molecule has 1 N–H and O–H groups in total. The average molecular weight is 221 g/mol. The van der Waals surface area contributed by atoms with Gasteiger partial charge in [-0.2, -0.15) is 4.80 Å². The van der Waals surface area contributed by atoms with E-state index in [1.165, 1.54) is 25.7 Å². The smallest absolute Gasteiger partial charge is 0.175 e. The van der Waals surface area contributed by atoms with E-state index in [2.05, 4.69) is 20.7 Å². The molecule has 0 atom stereocenters. The second-order valence-corrected chi connectivity index (χ2v) is 5.32. The van der Waals surface area contributed by atoms with Crippen molar-refractivity contribution in [3.05, 3.63) is 5.82 Å². The van der Waals surface area contributed by atoms with Gasteiger partial charge in [0.1, 0.15) is 0 Å². The van der Waals surface area contributed by atoms with Crippen molar-refractivity contribution < 1.29 is 0 Å². The molecule has 1 aromatic rings. The van der Waals surface area contributed by atoms with E-state index < -0.39 is 0 Å². The van der Waals surface area contributed by atoms with E-state index in [9.17, 15) is 0 Å². The van der Waals surface area contributed by atoms with Crippen LogP contribution < -0.4 is 5.32 Å². The van der Waals surface area contributed by atoms with E-state index in [1.54, 1.807) is 4.80 Å². The van der Waals surface area contributed by atoms with Crippen molar-refractivity contribution in [3.63, 3.8) is 0 Å². The Balaban J connectivity index is 1.74. The quantitative estimate of drug-likeness (QED) is 0.809. The molecule has 0 amide bonds. The first kappa shape index (κ1) is 10.2. The van der Waals surface area contributed by atoms with E-state index in [4.69, 9.17) is 0 Å². The van der Waals surface area contributed by atoms with Crippen LogP contribution in [0.4, 0.5) is 0 Å². The minimum atomic E-state index is 0.430. The molecule has 5 nitrogen and oxygen atoms in total. The van der Waals surface area contributed by atoms with E-state index in [-0.39, 0.29) is 0 Å². The van der Waals surface area contributed by atoms with Crippen molar-refractivity contribution in [2.24, 2.45) is 18.4 Å². The predicted molar refractivity (Wildman–Crippen MR) is 59.8 cm³/mol. The summed E-state index contributed by atoms with van der Waals surface area (Å²) in [6.45, 7) is 2.27. The van der Waals surface area contributed by atoms with Gasteiger partial charge in [0, 0.05) is 24.9 Å². The number of hydrogen-bond donors (Lipinski definition) is 1. The van der Waals surface area contributed by atoms with Gasteiger partial charge in [0.25, 0.3) is 0 Å². The van der Waals surface area contributed by atoms with Gasteiger partial charge < -0.3 is 5.32 Å². The lowest BCUT2D eigenvalue weighted by atomic mass is 9.67. The SMILES string of the molecule is Cn1nnc(CC2(C3CCCC3)CNC2)n1. The third-order valence-corrected chi connectivity index (χ3v) is 4.24. The highest BCUT2D eigenvalue weighted by Gasteiger charge is 2.45. The minimum absolute atomic E-state index is 0.430. The van der Waals surface area contributed by atoms with E-state index in [1.807, 2.05) is 7.05 Å². The molecule has 0 bridgehead atoms. The number of tetrazole rings is 1. The number of aromatic nitrogens is 4. The van der Waals surface area contributed by atoms with Gasteiger partial charge in [0.15, 0.2) is 5.82 Å². The maximum absolute atomic E-state index is 4.32. The molecule has 0 spiro atoms. The summed E-state index contributed by atoms with van der Waals surface area (Å²) in [6.07, 6.45) is 6.59. The van der Waals surface area contributed by atoms with Gasteiger partial charge in [-0.25, -0.2) is 0 Å². The molecule has 5 heteroatoms. The van der Waals surface area contributed by atoms with Crippen LogP contribution in [0.2, 0.25) is 0 Å². The van der Waals surface area contributed by atoms with Crippen molar-refractivity contribution >= 4 is 0 Å². The Bertz CT molecular complexity index is 362. The van der Waals surface area contributed by atoms with Gasteiger partial charge in [-0.1, -0.05) is 12.8 Å². The highest BCUT2D eigenvalue weighted by molar-refractivity contribution is 5.03. The van der Waals surface area contributed by atoms with Crippen molar-refractivity contribution in [2.75, 3.05) is 13.1 Å². The molecule has 1 aromatic heterocycles. The molecule has 88 valence electrons. The van der Waals surface area contributed by atoms with Gasteiger partial charge in [-0.05, 0) is 24.0 Å². The molecular weight excluding hydrogens is 202 g/mol. The molecular formula is C11H19N5. The number of aryl methyl sites for hydroxylation is 1. The van der Waals surface area contributed by atoms with Crippen molar-refractivity contribution in [3.8, 4) is 0 Å². The molecule has 0 radical (unpaired) electrons. The molecule has 2 heterocycles. The number of nitrogens with zero attached hydrogens (tertiary/aromatic N) is 4. The Morgan fingerprint density at radius 2 is 2.12 bits per heavy atom. The zero-order valence-corrected chi connectivity index (χ0v) is 9.82. The second-order valence-electron chi connectivity index (χ2n) is 5.32. The highest BCUT2D eigenvalue weighted by Crippen LogP contribution is 2.44. The van der Waals surface area contributed by atoms with Gasteiger partial charge in [-0.3, -0.25) is 0 Å². The number of rotatable bonds is 3. The molecule has 1 saturated heterocycles. The summed E-state index contributed by atoms with van der Waals surface area (Å²) in [6, 6.07) is 0. The second kappa shape index (κ2) is 3.80. The zero-order chi connectivity index (χ0) is 11.0. The van der Waals surface area contributed by atoms with Crippen LogP contribution in [0.15, 0.2) is 0 Å². The predicted octanol–water partition coefficient (Wildman–Crippen LogP) is 0.532. The van der Waals surface area contributed by atoms with Crippen LogP contribution >= 0.6 is 0 Å². The molecule has 16 heavy (non-hydrogen) atoms. The Kier molecular flexibility index (Phi) is 2.42. The normalized spacial score (nSPS) is 24.6. The van der Waals surface area contributed by atoms with Crippen LogP contribution in [0.1, 0.15) is 31.5 Å². The standard InChI is InChI=1S/C11H19N5/c1-16-14-10(13-15-16)6-11(7-12-8-11)9-4-2-3-5-9/h9,12H,2-8H2,1H3. The molecule has 1 aliphatic heterocycles. The average Bonchev–Trinajstić information content (AvgIpc) is 2.82. The Hall–Kier alpha value is -0.970. The van der Waals surface area contributed by atoms with Crippen LogP contribution in [0.5, 0.6) is 0 Å². The third-order valence-electron chi connectivity index (χ3n) is 4.24. The molecule has 2 fully saturated rings. The fourth-order valence-corrected chi connectivity index (χ4v) is 3.25. The Labute approximate surface area is 95.6 Å². The third kappa shape index (κ3) is 1.63. The molecule has 3 rings (SSSR count). The van der Waals surface area contributed by atoms with E-state index in [0.717, 1.165) is 31.3 Å². The summed E-state index contributed by atoms with van der Waals surface area (Å²) >= 11 is 0. The van der Waals surface area contributed by atoms with Gasteiger partial charge in [0.05, 0.1) is 7.05 Å². The molecule has 1 aliphatic carbocycles. The van der Waals surface area contributed by atoms with Crippen molar-refractivity contribution in [1.29, 1.82) is 0 Å². The molecule has 0 aromatic carbocycles. The molecule has 2 aliphatic rings. The summed E-state index contributed by atoms with van der Waals surface area (Å²) in [7, 11) is 1.83. The zero-order valence-electron chi connectivity index (χ0n) is 9.82. The van der Waals surface area contributed by atoms with Crippen LogP contribution in [0, 0.1) is 11.3 Å². The lowest BCUT2D eigenvalue weighted by Gasteiger charge is -2.47. The van der Waals surface area contributed by atoms with Crippen LogP contribution in [0.25, 0.3) is 0 Å². The van der Waals surface area contributed by atoms with Gasteiger partial charge in [0.2, 0.25) is 0 Å². The maximum Gasteiger partial charge on any atom is 0.175 e. The van der Waals surface area contributed by atoms with E-state index in [0.29, 0.717) is 5.41 Å². The summed E-state index contributed by atoms with van der Waals surface area (Å²) in [4.78, 5) is 1.56. The monoisotopic (exact) mass is 221 g/mol. The fourth-order valence-electron chi connectivity index (χ4n) is 3.25. The number of nitrogens with one attached hydrogen (secondary N) is 1. The summed E-state index contributed by atoms with van der Waals surface area (Å²) < 4.78 is 0. The summed E-state index contributed by atoms with van der Waals surface area (Å²) in [5.74, 6) is 1.79. The number of hydrogen-bond acceptors (Lipinski definition) is 4. The first-order chi connectivity index (χ1) is 7.78. The van der Waals surface area contributed by atoms with Crippen molar-refractivity contribution in [1.82, 2.24) is 25.5 Å². The highest BCUT2D eigenvalue weighted by atomic mass is 15.6. The molecule has 0 unspecified atom stereocenters. The topological polar surface area (TPSA) is 55.6 Å². The first-order valence-corrected chi connectivity index (χ1v) is 6.22. The minimum Gasteiger partial charge on any atom is -0.315 e. The summed E-state index contributed by atoms with van der Waals surface area (Å²) in [5.41, 5.74) is 0.430. The van der Waals surface area contributed by atoms with Crippen LogP contribution in [-0.4, -0.2) is 33.3 Å². The fraction of sp³-hybridized carbons (Fsp3) is 0.909. The largest absolute Gasteiger partial charge is 0.315 e. The summed E-state index contributed by atoms with van der Waals surface area (Å²) in [5, 5.41) is 15.8. The Morgan fingerprint density at radius 1 is 1.38 bits per heavy atom. The van der Waals surface area contributed by atoms with Crippen LogP contribution in [-0.2, 0) is 13.5 Å². The lowest BCUT2D eigenvalue weighted by Crippen LogP contribution is -2.58. The van der Waals surface area contributed by atoms with Gasteiger partial charge in [-0.15, -0.1) is 10.2 Å². The van der Waals surface area contributed by atoms with E-state index >= 15 is 0 Å². The maximum atomic E-state index is 4.32. The lowest BCUT2D eigenvalue weighted by molar-refractivity contribution is 0.0785. The first-order valence-electron chi connectivity index (χ1n) is 6.22. The molecule has 1 saturated carbocycles. The Morgan fingerprint density at radius 3 is 2.62 bits per heavy atom. The van der Waals surface area contributed by atoms with Crippen LogP contribution in [0.3, 0.4) is 0 Å². The van der Waals surface area contributed by atoms with Gasteiger partial charge >= 0.3 is 0 Å². The van der Waals surface area contributed by atoms with Crippen molar-refractivity contribution in [2.45, 2.75) is 32.1 Å².